The predicted molar refractivity (Wildman–Crippen MR) is 100 cm³/mol. The molecule has 8 heteroatoms. The molecule has 1 heterocycles. The summed E-state index contributed by atoms with van der Waals surface area (Å²) in [5, 5.41) is 11.0. The molecule has 148 valence electrons. The van der Waals surface area contributed by atoms with Crippen LogP contribution in [0.25, 0.3) is 0 Å². The quantitative estimate of drug-likeness (QED) is 0.542. The fourth-order valence-electron chi connectivity index (χ4n) is 3.72. The van der Waals surface area contributed by atoms with Crippen molar-refractivity contribution in [2.75, 3.05) is 20.4 Å². The standard InChI is InChI=1S/C17H35O6PSi/c1-12-9-14-13(15(12)23-25(7,8)16(2,3)4)10-17(18,22-14)11-24(19,20-5)21-6/h12-15,18H,9-11H2,1-8H3/t12-,13+,14+,15+,17?/m1/s1. The average Bonchev–Trinajstić information content (AvgIpc) is 2.91. The minimum Gasteiger partial charge on any atom is -0.413 e. The van der Waals surface area contributed by atoms with Crippen LogP contribution in [0.4, 0.5) is 0 Å². The molecule has 0 aromatic heterocycles. The van der Waals surface area contributed by atoms with Gasteiger partial charge in [-0.25, -0.2) is 0 Å². The molecule has 6 nitrogen and oxygen atoms in total. The lowest BCUT2D eigenvalue weighted by Gasteiger charge is -2.41. The zero-order valence-corrected chi connectivity index (χ0v) is 18.8. The lowest BCUT2D eigenvalue weighted by atomic mass is 9.96. The van der Waals surface area contributed by atoms with E-state index in [-0.39, 0.29) is 29.3 Å². The van der Waals surface area contributed by atoms with Crippen molar-refractivity contribution in [3.63, 3.8) is 0 Å². The van der Waals surface area contributed by atoms with E-state index in [2.05, 4.69) is 40.8 Å². The van der Waals surface area contributed by atoms with Gasteiger partial charge in [-0.1, -0.05) is 27.7 Å². The molecule has 0 bridgehead atoms. The molecule has 25 heavy (non-hydrogen) atoms. The summed E-state index contributed by atoms with van der Waals surface area (Å²) in [7, 11) is -2.61. The molecule has 1 aliphatic carbocycles. The predicted octanol–water partition coefficient (Wildman–Crippen LogP) is 4.00. The van der Waals surface area contributed by atoms with Crippen molar-refractivity contribution in [2.24, 2.45) is 11.8 Å². The maximum Gasteiger partial charge on any atom is 0.335 e. The average molecular weight is 395 g/mol. The number of aliphatic hydroxyl groups is 1. The van der Waals surface area contributed by atoms with Crippen LogP contribution in [0.3, 0.4) is 0 Å². The maximum atomic E-state index is 12.4. The first-order valence-electron chi connectivity index (χ1n) is 9.04. The van der Waals surface area contributed by atoms with Crippen LogP contribution in [0.1, 0.15) is 40.5 Å². The van der Waals surface area contributed by atoms with E-state index in [4.69, 9.17) is 18.2 Å². The number of ether oxygens (including phenoxy) is 1. The van der Waals surface area contributed by atoms with E-state index in [1.54, 1.807) is 0 Å². The third-order valence-electron chi connectivity index (χ3n) is 6.22. The first-order valence-corrected chi connectivity index (χ1v) is 13.7. The van der Waals surface area contributed by atoms with E-state index in [0.29, 0.717) is 12.3 Å². The van der Waals surface area contributed by atoms with Crippen molar-refractivity contribution in [3.05, 3.63) is 0 Å². The highest BCUT2D eigenvalue weighted by molar-refractivity contribution is 7.53. The number of rotatable bonds is 6. The van der Waals surface area contributed by atoms with E-state index < -0.39 is 21.7 Å². The zero-order chi connectivity index (χ0) is 19.3. The third-order valence-corrected chi connectivity index (χ3v) is 12.7. The van der Waals surface area contributed by atoms with Crippen molar-refractivity contribution in [1.82, 2.24) is 0 Å². The summed E-state index contributed by atoms with van der Waals surface area (Å²) in [6.45, 7) is 13.4. The van der Waals surface area contributed by atoms with Gasteiger partial charge in [0.05, 0.1) is 12.2 Å². The van der Waals surface area contributed by atoms with Gasteiger partial charge in [0.1, 0.15) is 6.16 Å². The molecule has 2 rings (SSSR count). The van der Waals surface area contributed by atoms with Gasteiger partial charge >= 0.3 is 7.60 Å². The van der Waals surface area contributed by atoms with Gasteiger partial charge in [0.25, 0.3) is 0 Å². The molecule has 0 radical (unpaired) electrons. The fraction of sp³-hybridized carbons (Fsp3) is 1.00. The topological polar surface area (TPSA) is 74.2 Å². The van der Waals surface area contributed by atoms with Crippen LogP contribution in [-0.4, -0.2) is 51.8 Å². The Balaban J connectivity index is 2.14. The highest BCUT2D eigenvalue weighted by Gasteiger charge is 2.57. The Labute approximate surface area is 153 Å². The molecule has 1 aliphatic heterocycles. The van der Waals surface area contributed by atoms with Crippen LogP contribution in [0.5, 0.6) is 0 Å². The molecular formula is C17H35O6PSi. The summed E-state index contributed by atoms with van der Waals surface area (Å²) in [5.74, 6) is -0.992. The monoisotopic (exact) mass is 394 g/mol. The molecule has 2 aliphatic rings. The van der Waals surface area contributed by atoms with Crippen LogP contribution in [0, 0.1) is 11.8 Å². The van der Waals surface area contributed by atoms with Gasteiger partial charge < -0.3 is 23.3 Å². The van der Waals surface area contributed by atoms with E-state index in [0.717, 1.165) is 6.42 Å². The molecule has 0 amide bonds. The van der Waals surface area contributed by atoms with Crippen molar-refractivity contribution >= 4 is 15.9 Å². The SMILES string of the molecule is COP(=O)(CC1(O)C[C@@H]2[C@@H](O[Si](C)(C)C(C)(C)C)[C@H](C)C[C@@H]2O1)OC. The van der Waals surface area contributed by atoms with Crippen molar-refractivity contribution in [1.29, 1.82) is 0 Å². The second-order valence-corrected chi connectivity index (χ2v) is 16.2. The van der Waals surface area contributed by atoms with Gasteiger partial charge in [-0.2, -0.15) is 0 Å². The summed E-state index contributed by atoms with van der Waals surface area (Å²) in [4.78, 5) is 0. The van der Waals surface area contributed by atoms with Crippen LogP contribution >= 0.6 is 7.60 Å². The molecule has 2 fully saturated rings. The number of hydrogen-bond donors (Lipinski definition) is 1. The van der Waals surface area contributed by atoms with Gasteiger partial charge in [-0.3, -0.25) is 4.57 Å². The Kier molecular flexibility index (Phi) is 6.04. The van der Waals surface area contributed by atoms with E-state index in [1.807, 2.05) is 0 Å². The van der Waals surface area contributed by atoms with Gasteiger partial charge in [0, 0.05) is 26.6 Å². The van der Waals surface area contributed by atoms with E-state index in [9.17, 15) is 9.67 Å². The Morgan fingerprint density at radius 1 is 1.28 bits per heavy atom. The largest absolute Gasteiger partial charge is 0.413 e. The fourth-order valence-corrected chi connectivity index (χ4v) is 6.38. The van der Waals surface area contributed by atoms with E-state index >= 15 is 0 Å². The van der Waals surface area contributed by atoms with Gasteiger partial charge in [-0.15, -0.1) is 0 Å². The minimum absolute atomic E-state index is 0.0596. The maximum absolute atomic E-state index is 12.4. The highest BCUT2D eigenvalue weighted by Crippen LogP contribution is 2.56. The Bertz CT molecular complexity index is 526. The summed E-state index contributed by atoms with van der Waals surface area (Å²) >= 11 is 0. The van der Waals surface area contributed by atoms with Crippen LogP contribution in [0.15, 0.2) is 0 Å². The number of hydrogen-bond acceptors (Lipinski definition) is 6. The summed E-state index contributed by atoms with van der Waals surface area (Å²) in [6.07, 6.45) is 1.08. The van der Waals surface area contributed by atoms with Gasteiger partial charge in [0.15, 0.2) is 14.1 Å². The summed E-state index contributed by atoms with van der Waals surface area (Å²) in [5.41, 5.74) is 0. The second-order valence-electron chi connectivity index (χ2n) is 9.16. The first-order chi connectivity index (χ1) is 11.3. The van der Waals surface area contributed by atoms with Crippen molar-refractivity contribution < 1.29 is 27.9 Å². The molecule has 5 atom stereocenters. The second kappa shape index (κ2) is 7.01. The van der Waals surface area contributed by atoms with Crippen molar-refractivity contribution in [3.8, 4) is 0 Å². The summed E-state index contributed by atoms with van der Waals surface area (Å²) in [6, 6.07) is 0. The summed E-state index contributed by atoms with van der Waals surface area (Å²) < 4.78 is 35.0. The van der Waals surface area contributed by atoms with Crippen LogP contribution < -0.4 is 0 Å². The van der Waals surface area contributed by atoms with Crippen molar-refractivity contribution in [2.45, 2.75) is 76.7 Å². The molecule has 1 saturated heterocycles. The molecule has 0 aromatic carbocycles. The lowest BCUT2D eigenvalue weighted by molar-refractivity contribution is -0.178. The minimum atomic E-state index is -3.34. The molecule has 1 saturated carbocycles. The van der Waals surface area contributed by atoms with Crippen LogP contribution in [-0.2, 0) is 22.8 Å². The zero-order valence-electron chi connectivity index (χ0n) is 16.9. The Morgan fingerprint density at radius 2 is 1.84 bits per heavy atom. The Hall–Kier alpha value is 0.247. The molecular weight excluding hydrogens is 359 g/mol. The Morgan fingerprint density at radius 3 is 2.32 bits per heavy atom. The highest BCUT2D eigenvalue weighted by atomic mass is 31.2. The third kappa shape index (κ3) is 4.40. The normalized spacial score (nSPS) is 36.7. The van der Waals surface area contributed by atoms with E-state index in [1.165, 1.54) is 14.2 Å². The first kappa shape index (κ1) is 21.5. The molecule has 0 spiro atoms. The lowest BCUT2D eigenvalue weighted by Crippen LogP contribution is -2.46. The number of fused-ring (bicyclic) bond motifs is 1. The molecule has 0 aromatic rings. The molecule has 1 N–H and O–H groups in total. The molecule has 1 unspecified atom stereocenters. The van der Waals surface area contributed by atoms with Gasteiger partial charge in [0.2, 0.25) is 0 Å². The smallest absolute Gasteiger partial charge is 0.335 e. The van der Waals surface area contributed by atoms with Gasteiger partial charge in [-0.05, 0) is 30.5 Å². The van der Waals surface area contributed by atoms with Crippen LogP contribution in [0.2, 0.25) is 18.1 Å².